The lowest BCUT2D eigenvalue weighted by atomic mass is 10.1. The van der Waals surface area contributed by atoms with Crippen LogP contribution in [-0.4, -0.2) is 26.0 Å². The van der Waals surface area contributed by atoms with Crippen molar-refractivity contribution in [3.63, 3.8) is 0 Å². The molecular formula is C18H19F3N2O4. The molecule has 1 amide bonds. The van der Waals surface area contributed by atoms with E-state index in [1.165, 1.54) is 25.3 Å². The number of amides is 1. The first-order valence-corrected chi connectivity index (χ1v) is 7.90. The van der Waals surface area contributed by atoms with Crippen LogP contribution >= 0.6 is 0 Å². The molecule has 0 aliphatic heterocycles. The Morgan fingerprint density at radius 2 is 1.78 bits per heavy atom. The van der Waals surface area contributed by atoms with Gasteiger partial charge in [0.1, 0.15) is 5.75 Å². The number of carbonyl (C=O) groups is 1. The quantitative estimate of drug-likeness (QED) is 0.695. The Bertz CT molecular complexity index is 781. The van der Waals surface area contributed by atoms with Crippen molar-refractivity contribution in [2.45, 2.75) is 19.5 Å². The summed E-state index contributed by atoms with van der Waals surface area (Å²) in [5.41, 5.74) is 6.55. The van der Waals surface area contributed by atoms with Gasteiger partial charge in [-0.15, -0.1) is 13.2 Å². The number of primary amides is 1. The largest absolute Gasteiger partial charge is 0.573 e. The zero-order valence-corrected chi connectivity index (χ0v) is 14.5. The summed E-state index contributed by atoms with van der Waals surface area (Å²) in [5, 5.41) is 3.12. The first-order chi connectivity index (χ1) is 12.8. The Labute approximate surface area is 154 Å². The van der Waals surface area contributed by atoms with Gasteiger partial charge in [-0.25, -0.2) is 0 Å². The van der Waals surface area contributed by atoms with Gasteiger partial charge in [0.2, 0.25) is 0 Å². The third kappa shape index (κ3) is 7.06. The number of alkyl halides is 3. The Morgan fingerprint density at radius 3 is 2.41 bits per heavy atom. The fourth-order valence-electron chi connectivity index (χ4n) is 2.29. The number of ether oxygens (including phenoxy) is 3. The maximum Gasteiger partial charge on any atom is 0.573 e. The van der Waals surface area contributed by atoms with Gasteiger partial charge in [-0.1, -0.05) is 18.2 Å². The number of hydrogen-bond acceptors (Lipinski definition) is 5. The Balaban J connectivity index is 1.93. The van der Waals surface area contributed by atoms with Gasteiger partial charge < -0.3 is 25.3 Å². The zero-order valence-electron chi connectivity index (χ0n) is 14.5. The van der Waals surface area contributed by atoms with Gasteiger partial charge >= 0.3 is 6.36 Å². The molecule has 0 radical (unpaired) electrons. The number of benzene rings is 2. The number of nitrogens with one attached hydrogen (secondary N) is 1. The van der Waals surface area contributed by atoms with Crippen molar-refractivity contribution in [1.29, 1.82) is 0 Å². The summed E-state index contributed by atoms with van der Waals surface area (Å²) in [6.07, 6.45) is -4.72. The molecule has 0 aliphatic rings. The highest BCUT2D eigenvalue weighted by molar-refractivity contribution is 5.75. The molecule has 2 rings (SSSR count). The van der Waals surface area contributed by atoms with Crippen LogP contribution in [0.1, 0.15) is 11.1 Å². The molecule has 0 saturated heterocycles. The van der Waals surface area contributed by atoms with Crippen LogP contribution in [0.3, 0.4) is 0 Å². The van der Waals surface area contributed by atoms with Crippen molar-refractivity contribution in [1.82, 2.24) is 5.32 Å². The molecule has 0 unspecified atom stereocenters. The summed E-state index contributed by atoms with van der Waals surface area (Å²) in [5.74, 6) is -0.0351. The number of nitrogens with two attached hydrogens (primary N) is 1. The second-order valence-corrected chi connectivity index (χ2v) is 5.54. The molecule has 0 aromatic heterocycles. The lowest BCUT2D eigenvalue weighted by Crippen LogP contribution is -2.20. The van der Waals surface area contributed by atoms with Crippen LogP contribution < -0.4 is 25.3 Å². The fourth-order valence-corrected chi connectivity index (χ4v) is 2.29. The molecule has 0 atom stereocenters. The smallest absolute Gasteiger partial charge is 0.493 e. The van der Waals surface area contributed by atoms with Crippen molar-refractivity contribution in [3.05, 3.63) is 53.6 Å². The number of carbonyl (C=O) groups excluding carboxylic acids is 1. The standard InChI is InChI=1S/C18H19F3N2O4/c1-25-16-8-13(5-6-15(16)26-11-17(22)24)10-23-9-12-3-2-4-14(7-12)27-18(19,20)21/h2-8,23H,9-11H2,1H3,(H2,22,24). The van der Waals surface area contributed by atoms with Crippen molar-refractivity contribution in [2.75, 3.05) is 13.7 Å². The minimum Gasteiger partial charge on any atom is -0.493 e. The van der Waals surface area contributed by atoms with Crippen LogP contribution in [0, 0.1) is 0 Å². The predicted octanol–water partition coefficient (Wildman–Crippen LogP) is 2.75. The van der Waals surface area contributed by atoms with Crippen molar-refractivity contribution >= 4 is 5.91 Å². The molecule has 0 fully saturated rings. The van der Waals surface area contributed by atoms with Crippen LogP contribution in [0.15, 0.2) is 42.5 Å². The second kappa shape index (κ2) is 9.13. The Hall–Kier alpha value is -2.94. The van der Waals surface area contributed by atoms with Crippen LogP contribution in [0.25, 0.3) is 0 Å². The first kappa shape index (κ1) is 20.4. The monoisotopic (exact) mass is 384 g/mol. The topological polar surface area (TPSA) is 82.8 Å². The molecule has 0 aliphatic carbocycles. The van der Waals surface area contributed by atoms with E-state index in [1.807, 2.05) is 0 Å². The molecule has 0 bridgehead atoms. The molecule has 146 valence electrons. The van der Waals surface area contributed by atoms with Gasteiger partial charge in [-0.3, -0.25) is 4.79 Å². The minimum atomic E-state index is -4.72. The first-order valence-electron chi connectivity index (χ1n) is 7.90. The van der Waals surface area contributed by atoms with Gasteiger partial charge in [0.15, 0.2) is 18.1 Å². The van der Waals surface area contributed by atoms with E-state index in [0.717, 1.165) is 5.56 Å². The molecule has 0 spiro atoms. The molecule has 6 nitrogen and oxygen atoms in total. The summed E-state index contributed by atoms with van der Waals surface area (Å²) in [7, 11) is 1.47. The molecule has 0 saturated carbocycles. The molecule has 0 heterocycles. The zero-order chi connectivity index (χ0) is 19.9. The van der Waals surface area contributed by atoms with E-state index in [2.05, 4.69) is 10.1 Å². The number of rotatable bonds is 9. The summed E-state index contributed by atoms with van der Waals surface area (Å²) in [6.45, 7) is 0.526. The normalized spacial score (nSPS) is 11.1. The molecule has 2 aromatic carbocycles. The second-order valence-electron chi connectivity index (χ2n) is 5.54. The van der Waals surface area contributed by atoms with E-state index in [-0.39, 0.29) is 12.4 Å². The van der Waals surface area contributed by atoms with E-state index >= 15 is 0 Å². The minimum absolute atomic E-state index is 0.260. The van der Waals surface area contributed by atoms with Gasteiger partial charge in [0, 0.05) is 13.1 Å². The highest BCUT2D eigenvalue weighted by Gasteiger charge is 2.31. The van der Waals surface area contributed by atoms with Gasteiger partial charge in [0.05, 0.1) is 7.11 Å². The van der Waals surface area contributed by atoms with E-state index in [4.69, 9.17) is 15.2 Å². The average Bonchev–Trinajstić information content (AvgIpc) is 2.59. The van der Waals surface area contributed by atoms with Gasteiger partial charge in [0.25, 0.3) is 5.91 Å². The Morgan fingerprint density at radius 1 is 1.07 bits per heavy atom. The maximum atomic E-state index is 12.3. The predicted molar refractivity (Wildman–Crippen MR) is 91.4 cm³/mol. The van der Waals surface area contributed by atoms with Crippen LogP contribution in [-0.2, 0) is 17.9 Å². The fraction of sp³-hybridized carbons (Fsp3) is 0.278. The number of hydrogen-bond donors (Lipinski definition) is 2. The van der Waals surface area contributed by atoms with Gasteiger partial charge in [-0.05, 0) is 35.4 Å². The van der Waals surface area contributed by atoms with Crippen molar-refractivity contribution < 1.29 is 32.2 Å². The summed E-state index contributed by atoms with van der Waals surface area (Å²) in [4.78, 5) is 10.8. The summed E-state index contributed by atoms with van der Waals surface area (Å²) in [6, 6.07) is 10.9. The number of halogens is 3. The molecular weight excluding hydrogens is 365 g/mol. The number of methoxy groups -OCH3 is 1. The van der Waals surface area contributed by atoms with Crippen molar-refractivity contribution in [3.8, 4) is 17.2 Å². The summed E-state index contributed by atoms with van der Waals surface area (Å²) >= 11 is 0. The van der Waals surface area contributed by atoms with E-state index < -0.39 is 12.3 Å². The van der Waals surface area contributed by atoms with E-state index in [1.54, 1.807) is 24.3 Å². The van der Waals surface area contributed by atoms with Crippen LogP contribution in [0.5, 0.6) is 17.2 Å². The third-order valence-corrected chi connectivity index (χ3v) is 3.39. The SMILES string of the molecule is COc1cc(CNCc2cccc(OC(F)(F)F)c2)ccc1OCC(N)=O. The molecule has 9 heteroatoms. The third-order valence-electron chi connectivity index (χ3n) is 3.39. The lowest BCUT2D eigenvalue weighted by molar-refractivity contribution is -0.274. The molecule has 3 N–H and O–H groups in total. The van der Waals surface area contributed by atoms with Crippen molar-refractivity contribution in [2.24, 2.45) is 5.73 Å². The van der Waals surface area contributed by atoms with Crippen LogP contribution in [0.4, 0.5) is 13.2 Å². The summed E-state index contributed by atoms with van der Waals surface area (Å²) < 4.78 is 51.2. The molecule has 27 heavy (non-hydrogen) atoms. The van der Waals surface area contributed by atoms with Crippen LogP contribution in [0.2, 0.25) is 0 Å². The van der Waals surface area contributed by atoms with E-state index in [9.17, 15) is 18.0 Å². The highest BCUT2D eigenvalue weighted by Crippen LogP contribution is 2.28. The average molecular weight is 384 g/mol. The highest BCUT2D eigenvalue weighted by atomic mass is 19.4. The lowest BCUT2D eigenvalue weighted by Gasteiger charge is -2.12. The maximum absolute atomic E-state index is 12.3. The molecule has 2 aromatic rings. The Kier molecular flexibility index (Phi) is 6.89. The van der Waals surface area contributed by atoms with E-state index in [0.29, 0.717) is 30.2 Å². The van der Waals surface area contributed by atoms with Gasteiger partial charge in [-0.2, -0.15) is 0 Å².